The first-order valence-electron chi connectivity index (χ1n) is 12.3. The highest BCUT2D eigenvalue weighted by Crippen LogP contribution is 2.30. The second-order valence-electron chi connectivity index (χ2n) is 9.16. The number of aromatic nitrogens is 2. The number of rotatable bonds is 9. The van der Waals surface area contributed by atoms with Crippen molar-refractivity contribution < 1.29 is 48.0 Å². The highest BCUT2D eigenvalue weighted by atomic mass is 32.1. The number of fused-ring (bicyclic) bond motifs is 1. The molecule has 0 saturated carbocycles. The molecule has 2 unspecified atom stereocenters. The zero-order chi connectivity index (χ0) is 31.6. The maximum absolute atomic E-state index is 13.1. The van der Waals surface area contributed by atoms with Gasteiger partial charge < -0.3 is 42.6 Å². The van der Waals surface area contributed by atoms with Crippen molar-refractivity contribution >= 4 is 50.5 Å². The average Bonchev–Trinajstić information content (AvgIpc) is 3.51. The first-order chi connectivity index (χ1) is 19.7. The van der Waals surface area contributed by atoms with Gasteiger partial charge in [0, 0.05) is 24.6 Å². The van der Waals surface area contributed by atoms with Crippen LogP contribution in [-0.2, 0) is 33.6 Å². The molecule has 0 fully saturated rings. The van der Waals surface area contributed by atoms with Crippen molar-refractivity contribution in [3.8, 4) is 5.75 Å². The van der Waals surface area contributed by atoms with Gasteiger partial charge in [-0.15, -0.1) is 0 Å². The third-order valence-electron chi connectivity index (χ3n) is 5.89. The summed E-state index contributed by atoms with van der Waals surface area (Å²) in [5, 5.41) is 34.5. The Balaban J connectivity index is 0.000000623. The number of imidazole rings is 1. The Bertz CT molecular complexity index is 1460. The zero-order valence-electron chi connectivity index (χ0n) is 23.0. The summed E-state index contributed by atoms with van der Waals surface area (Å²) in [7, 11) is 0. The van der Waals surface area contributed by atoms with Gasteiger partial charge in [-0.3, -0.25) is 14.4 Å². The lowest BCUT2D eigenvalue weighted by Crippen LogP contribution is -2.32. The van der Waals surface area contributed by atoms with Crippen LogP contribution in [0.15, 0.2) is 48.7 Å². The van der Waals surface area contributed by atoms with E-state index in [0.717, 1.165) is 22.8 Å². The van der Waals surface area contributed by atoms with Crippen molar-refractivity contribution in [1.29, 1.82) is 0 Å². The second kappa shape index (κ2) is 18.6. The van der Waals surface area contributed by atoms with E-state index in [1.165, 1.54) is 30.5 Å². The standard InChI is InChI=1S/C12H12FNO2.C9H10FNO3.C6H8FN3O2.2H2S/c13-9-3-4-10-7(5-9)1-2-8(10)6-11(14)12(15)16;10-7-4-6(12)2-1-5(7)3-8(11)9(13)14;7-6-9-2-3(10-6)1-4(8)5(11)12;;/h2-5,11H,1,6,14H2,(H,15,16);1-2,4,8,12H,3,11H2,(H,13,14);2,4H,1,8H2,(H,9,10)(H,11,12);2*1H2/t;8-;;;/m.0.../s1. The van der Waals surface area contributed by atoms with Crippen LogP contribution in [0.5, 0.6) is 5.75 Å². The van der Waals surface area contributed by atoms with Gasteiger partial charge in [0.25, 0.3) is 6.08 Å². The Labute approximate surface area is 263 Å². The van der Waals surface area contributed by atoms with Crippen molar-refractivity contribution in [2.75, 3.05) is 0 Å². The lowest BCUT2D eigenvalue weighted by Gasteiger charge is -2.09. The number of carbonyl (C=O) groups is 3. The molecule has 1 heterocycles. The van der Waals surface area contributed by atoms with Crippen LogP contribution in [0.4, 0.5) is 13.2 Å². The van der Waals surface area contributed by atoms with Crippen LogP contribution in [0.25, 0.3) is 5.57 Å². The molecule has 3 atom stereocenters. The minimum atomic E-state index is -1.18. The summed E-state index contributed by atoms with van der Waals surface area (Å²) in [4.78, 5) is 36.8. The van der Waals surface area contributed by atoms with E-state index in [1.54, 1.807) is 6.07 Å². The molecule has 1 aliphatic rings. The van der Waals surface area contributed by atoms with Crippen LogP contribution in [0.3, 0.4) is 0 Å². The number of carboxylic acids is 3. The molecule has 0 amide bonds. The molecule has 11 N–H and O–H groups in total. The number of aromatic hydroxyl groups is 1. The SMILES string of the molecule is NC(CC1=CCc2cc(F)ccc21)C(=O)O.NC(Cc1cnc(F)[nH]1)C(=O)O.N[C@@H](Cc1ccc(O)cc1F)C(=O)O.S.S. The topological polar surface area (TPSA) is 239 Å². The molecule has 0 saturated heterocycles. The van der Waals surface area contributed by atoms with E-state index in [2.05, 4.69) is 9.97 Å². The molecular formula is C27H34F3N5O7S2. The Morgan fingerprint density at radius 3 is 1.93 bits per heavy atom. The number of halogens is 3. The summed E-state index contributed by atoms with van der Waals surface area (Å²) in [6.45, 7) is 0. The van der Waals surface area contributed by atoms with Crippen LogP contribution in [0.1, 0.15) is 28.8 Å². The Kier molecular flexibility index (Phi) is 16.9. The van der Waals surface area contributed by atoms with Crippen LogP contribution in [0, 0.1) is 17.7 Å². The summed E-state index contributed by atoms with van der Waals surface area (Å²) in [5.74, 6) is -4.44. The van der Waals surface area contributed by atoms with E-state index in [9.17, 15) is 27.6 Å². The van der Waals surface area contributed by atoms with Crippen molar-refractivity contribution in [3.63, 3.8) is 0 Å². The zero-order valence-corrected chi connectivity index (χ0v) is 25.0. The summed E-state index contributed by atoms with van der Waals surface area (Å²) in [6, 6.07) is 5.00. The number of hydrogen-bond acceptors (Lipinski definition) is 8. The number of aromatic amines is 1. The number of allylic oxidation sites excluding steroid dienone is 1. The highest BCUT2D eigenvalue weighted by Gasteiger charge is 2.20. The van der Waals surface area contributed by atoms with Crippen molar-refractivity contribution in [3.05, 3.63) is 88.8 Å². The number of benzene rings is 2. The maximum Gasteiger partial charge on any atom is 0.320 e. The lowest BCUT2D eigenvalue weighted by atomic mass is 10.00. The number of phenols is 1. The molecular weight excluding hydrogens is 627 g/mol. The molecule has 1 aliphatic carbocycles. The van der Waals surface area contributed by atoms with E-state index >= 15 is 0 Å². The third kappa shape index (κ3) is 12.7. The van der Waals surface area contributed by atoms with Gasteiger partial charge in [0.2, 0.25) is 0 Å². The van der Waals surface area contributed by atoms with E-state index in [0.29, 0.717) is 12.1 Å². The first-order valence-corrected chi connectivity index (χ1v) is 12.3. The van der Waals surface area contributed by atoms with Gasteiger partial charge in [-0.1, -0.05) is 18.2 Å². The molecule has 3 aromatic rings. The molecule has 0 bridgehead atoms. The Morgan fingerprint density at radius 2 is 1.41 bits per heavy atom. The number of carboxylic acid groups (broad SMARTS) is 3. The number of nitrogens with one attached hydrogen (secondary N) is 1. The molecule has 4 rings (SSSR count). The number of hydrogen-bond donors (Lipinski definition) is 8. The van der Waals surface area contributed by atoms with Crippen molar-refractivity contribution in [1.82, 2.24) is 9.97 Å². The fourth-order valence-electron chi connectivity index (χ4n) is 3.69. The van der Waals surface area contributed by atoms with Crippen LogP contribution in [-0.4, -0.2) is 66.4 Å². The number of aliphatic carboxylic acids is 3. The van der Waals surface area contributed by atoms with Crippen molar-refractivity contribution in [2.45, 2.75) is 43.8 Å². The predicted molar refractivity (Wildman–Crippen MR) is 164 cm³/mol. The average molecular weight is 662 g/mol. The van der Waals surface area contributed by atoms with E-state index in [-0.39, 0.29) is 63.4 Å². The molecule has 17 heteroatoms. The molecule has 1 aromatic heterocycles. The van der Waals surface area contributed by atoms with Crippen LogP contribution >= 0.6 is 27.0 Å². The fraction of sp³-hybridized carbons (Fsp3) is 0.259. The van der Waals surface area contributed by atoms with Crippen LogP contribution in [0.2, 0.25) is 0 Å². The molecule has 2 aromatic carbocycles. The molecule has 44 heavy (non-hydrogen) atoms. The van der Waals surface area contributed by atoms with E-state index < -0.39 is 47.9 Å². The first kappa shape index (κ1) is 40.0. The smallest absolute Gasteiger partial charge is 0.320 e. The molecule has 242 valence electrons. The Morgan fingerprint density at radius 1 is 0.841 bits per heavy atom. The number of nitrogens with two attached hydrogens (primary N) is 3. The molecule has 0 spiro atoms. The number of nitrogens with zero attached hydrogens (tertiary/aromatic N) is 1. The largest absolute Gasteiger partial charge is 0.508 e. The lowest BCUT2D eigenvalue weighted by molar-refractivity contribution is -0.139. The third-order valence-corrected chi connectivity index (χ3v) is 5.89. The summed E-state index contributed by atoms with van der Waals surface area (Å²) in [6.07, 6.45) is 3.28. The van der Waals surface area contributed by atoms with E-state index in [4.69, 9.17) is 37.6 Å². The maximum atomic E-state index is 13.1. The monoisotopic (exact) mass is 661 g/mol. The number of phenolic OH excluding ortho intramolecular Hbond substituents is 1. The van der Waals surface area contributed by atoms with Crippen molar-refractivity contribution in [2.24, 2.45) is 17.2 Å². The van der Waals surface area contributed by atoms with E-state index in [1.807, 2.05) is 6.08 Å². The number of H-pyrrole nitrogens is 1. The van der Waals surface area contributed by atoms with Gasteiger partial charge in [0.05, 0.1) is 6.20 Å². The van der Waals surface area contributed by atoms with Gasteiger partial charge >= 0.3 is 17.9 Å². The predicted octanol–water partition coefficient (Wildman–Crippen LogP) is 1.78. The summed E-state index contributed by atoms with van der Waals surface area (Å²) in [5.41, 5.74) is 19.1. The minimum Gasteiger partial charge on any atom is -0.508 e. The van der Waals surface area contributed by atoms with Gasteiger partial charge in [-0.25, -0.2) is 13.8 Å². The summed E-state index contributed by atoms with van der Waals surface area (Å²) < 4.78 is 38.2. The van der Waals surface area contributed by atoms with Gasteiger partial charge in [-0.05, 0) is 53.3 Å². The van der Waals surface area contributed by atoms with Gasteiger partial charge in [0.1, 0.15) is 35.5 Å². The van der Waals surface area contributed by atoms with Gasteiger partial charge in [0.15, 0.2) is 0 Å². The Hall–Kier alpha value is -4.03. The van der Waals surface area contributed by atoms with Crippen LogP contribution < -0.4 is 17.2 Å². The molecule has 12 nitrogen and oxygen atoms in total. The fourth-order valence-corrected chi connectivity index (χ4v) is 3.69. The molecule has 0 aliphatic heterocycles. The minimum absolute atomic E-state index is 0. The highest BCUT2D eigenvalue weighted by molar-refractivity contribution is 7.59. The summed E-state index contributed by atoms with van der Waals surface area (Å²) >= 11 is 0. The normalized spacial score (nSPS) is 13.1. The quantitative estimate of drug-likeness (QED) is 0.164. The second-order valence-corrected chi connectivity index (χ2v) is 9.16. The van der Waals surface area contributed by atoms with Gasteiger partial charge in [-0.2, -0.15) is 31.4 Å². The molecule has 0 radical (unpaired) electrons.